The molecule has 5 rings (SSSR count). The van der Waals surface area contributed by atoms with E-state index in [4.69, 9.17) is 5.73 Å². The molecule has 2 atom stereocenters. The number of rotatable bonds is 8. The van der Waals surface area contributed by atoms with E-state index < -0.39 is 43.3 Å². The van der Waals surface area contributed by atoms with Gasteiger partial charge in [-0.25, -0.2) is 41.5 Å². The van der Waals surface area contributed by atoms with Gasteiger partial charge in [-0.05, 0) is 30.5 Å². The molecule has 0 aliphatic carbocycles. The first-order valence-electron chi connectivity index (χ1n) is 12.4. The highest BCUT2D eigenvalue weighted by atomic mass is 31.2. The van der Waals surface area contributed by atoms with Crippen LogP contribution < -0.4 is 15.7 Å². The maximum atomic E-state index is 14.7. The van der Waals surface area contributed by atoms with Crippen LogP contribution in [0, 0.1) is 17.5 Å². The molecule has 1 aliphatic rings. The Morgan fingerprint density at radius 2 is 1.81 bits per heavy atom. The molecule has 0 unspecified atom stereocenters. The van der Waals surface area contributed by atoms with E-state index in [-0.39, 0.29) is 47.7 Å². The lowest BCUT2D eigenvalue weighted by molar-refractivity contribution is -0.0529. The molecule has 1 aromatic carbocycles. The van der Waals surface area contributed by atoms with E-state index in [1.807, 2.05) is 5.09 Å². The van der Waals surface area contributed by atoms with E-state index in [1.54, 1.807) is 4.90 Å². The van der Waals surface area contributed by atoms with Crippen molar-refractivity contribution >= 4 is 30.4 Å². The smallest absolute Gasteiger partial charge is 0.385 e. The topological polar surface area (TPSA) is 176 Å². The number of halogens is 5. The number of hydrogen-bond donors (Lipinski definition) is 5. The predicted octanol–water partition coefficient (Wildman–Crippen LogP) is 2.78. The number of benzene rings is 1. The molecule has 18 heteroatoms. The third-order valence-corrected chi connectivity index (χ3v) is 7.47. The van der Waals surface area contributed by atoms with Gasteiger partial charge < -0.3 is 30.1 Å². The standard InChI is InChI=1S/C24H24F5N8O4P/c25-14-6-16(27)15(26)5-13(14)17-4-12(8-37-11-34-19-22(35-42(39,40)41)32-10-33-23(19)37)18(7-31-17)36-3-1-2-24(30,9-36)20(38)21(28)29/h4-7,10-11,20-21,38H,1-3,8-9,30H2,(H3,32,33,35,39,40,41)/t20-,24+/m0/s1. The van der Waals surface area contributed by atoms with Crippen LogP contribution in [0.4, 0.5) is 33.5 Å². The van der Waals surface area contributed by atoms with Crippen molar-refractivity contribution in [3.05, 3.63) is 60.1 Å². The van der Waals surface area contributed by atoms with Crippen LogP contribution in [0.25, 0.3) is 22.4 Å². The van der Waals surface area contributed by atoms with Crippen LogP contribution in [0.2, 0.25) is 0 Å². The van der Waals surface area contributed by atoms with Crippen molar-refractivity contribution in [2.45, 2.75) is 37.5 Å². The Morgan fingerprint density at radius 1 is 1.07 bits per heavy atom. The van der Waals surface area contributed by atoms with Crippen LogP contribution in [-0.4, -0.2) is 70.6 Å². The molecule has 4 heterocycles. The molecule has 224 valence electrons. The van der Waals surface area contributed by atoms with Crippen molar-refractivity contribution in [2.24, 2.45) is 5.73 Å². The summed E-state index contributed by atoms with van der Waals surface area (Å²) in [5.74, 6) is -4.00. The maximum absolute atomic E-state index is 14.7. The number of aliphatic hydroxyl groups is 1. The van der Waals surface area contributed by atoms with Gasteiger partial charge in [0.15, 0.2) is 28.6 Å². The number of alkyl halides is 2. The van der Waals surface area contributed by atoms with Crippen LogP contribution in [0.5, 0.6) is 0 Å². The largest absolute Gasteiger partial charge is 0.428 e. The van der Waals surface area contributed by atoms with Gasteiger partial charge >= 0.3 is 7.75 Å². The Balaban J connectivity index is 1.60. The van der Waals surface area contributed by atoms with Gasteiger partial charge in [0, 0.05) is 24.7 Å². The summed E-state index contributed by atoms with van der Waals surface area (Å²) in [6, 6.07) is 2.43. The monoisotopic (exact) mass is 614 g/mol. The van der Waals surface area contributed by atoms with Crippen molar-refractivity contribution in [2.75, 3.05) is 23.1 Å². The average molecular weight is 614 g/mol. The highest BCUT2D eigenvalue weighted by Crippen LogP contribution is 2.37. The van der Waals surface area contributed by atoms with Gasteiger partial charge in [0.25, 0.3) is 6.43 Å². The number of aromatic nitrogens is 5. The van der Waals surface area contributed by atoms with Crippen LogP contribution in [0.3, 0.4) is 0 Å². The summed E-state index contributed by atoms with van der Waals surface area (Å²) < 4.78 is 82.0. The van der Waals surface area contributed by atoms with Gasteiger partial charge in [0.05, 0.1) is 36.0 Å². The fourth-order valence-electron chi connectivity index (χ4n) is 4.98. The highest BCUT2D eigenvalue weighted by Gasteiger charge is 2.43. The number of pyridine rings is 1. The fourth-order valence-corrected chi connectivity index (χ4v) is 5.42. The number of anilines is 2. The Labute approximate surface area is 234 Å². The van der Waals surface area contributed by atoms with Crippen LogP contribution in [-0.2, 0) is 11.1 Å². The number of fused-ring (bicyclic) bond motifs is 1. The van der Waals surface area contributed by atoms with Crippen molar-refractivity contribution < 1.29 is 41.4 Å². The first kappa shape index (κ1) is 29.7. The summed E-state index contributed by atoms with van der Waals surface area (Å²) in [6.07, 6.45) is -1.07. The van der Waals surface area contributed by atoms with Crippen molar-refractivity contribution in [1.82, 2.24) is 24.5 Å². The number of aliphatic hydroxyl groups excluding tert-OH is 1. The molecular formula is C24H24F5N8O4P. The van der Waals surface area contributed by atoms with Gasteiger partial charge in [0.1, 0.15) is 18.2 Å². The first-order chi connectivity index (χ1) is 19.8. The SMILES string of the molecule is N[C@]1([C@@H](O)C(F)F)CCCN(c2cnc(-c3cc(F)c(F)cc3F)cc2Cn2cnc3c(NP(=O)(O)O)ncnc32)C1. The van der Waals surface area contributed by atoms with Crippen molar-refractivity contribution in [3.63, 3.8) is 0 Å². The molecule has 42 heavy (non-hydrogen) atoms. The second-order valence-electron chi connectivity index (χ2n) is 9.90. The summed E-state index contributed by atoms with van der Waals surface area (Å²) in [5, 5.41) is 12.1. The molecule has 12 nitrogen and oxygen atoms in total. The van der Waals surface area contributed by atoms with Crippen molar-refractivity contribution in [1.29, 1.82) is 0 Å². The first-order valence-corrected chi connectivity index (χ1v) is 14.0. The number of nitrogens with one attached hydrogen (secondary N) is 1. The normalized spacial score (nSPS) is 18.6. The molecule has 6 N–H and O–H groups in total. The number of nitrogens with zero attached hydrogens (tertiary/aromatic N) is 6. The van der Waals surface area contributed by atoms with E-state index >= 15 is 0 Å². The molecule has 3 aromatic heterocycles. The molecule has 0 radical (unpaired) electrons. The van der Waals surface area contributed by atoms with Gasteiger partial charge in [0.2, 0.25) is 0 Å². The molecule has 0 saturated carbocycles. The third-order valence-electron chi connectivity index (χ3n) is 6.97. The minimum Gasteiger partial charge on any atom is -0.385 e. The molecular weight excluding hydrogens is 590 g/mol. The summed E-state index contributed by atoms with van der Waals surface area (Å²) in [6.45, 7) is 0.0748. The quantitative estimate of drug-likeness (QED) is 0.112. The Hall–Kier alpha value is -3.76. The zero-order chi connectivity index (χ0) is 30.4. The lowest BCUT2D eigenvalue weighted by Crippen LogP contribution is -2.63. The Morgan fingerprint density at radius 3 is 2.52 bits per heavy atom. The van der Waals surface area contributed by atoms with Crippen LogP contribution in [0.15, 0.2) is 37.1 Å². The number of piperidine rings is 1. The summed E-state index contributed by atoms with van der Waals surface area (Å²) in [5.41, 5.74) is 5.04. The zero-order valence-corrected chi connectivity index (χ0v) is 22.4. The molecule has 0 bridgehead atoms. The minimum atomic E-state index is -4.74. The van der Waals surface area contributed by atoms with E-state index in [0.29, 0.717) is 36.3 Å². The van der Waals surface area contributed by atoms with E-state index in [0.717, 1.165) is 6.33 Å². The second kappa shape index (κ2) is 11.1. The predicted molar refractivity (Wildman–Crippen MR) is 140 cm³/mol. The Bertz CT molecular complexity index is 1690. The van der Waals surface area contributed by atoms with Crippen LogP contribution in [0.1, 0.15) is 18.4 Å². The lowest BCUT2D eigenvalue weighted by atomic mass is 9.84. The average Bonchev–Trinajstić information content (AvgIpc) is 3.33. The van der Waals surface area contributed by atoms with E-state index in [2.05, 4.69) is 19.9 Å². The Kier molecular flexibility index (Phi) is 7.89. The zero-order valence-electron chi connectivity index (χ0n) is 21.5. The second-order valence-corrected chi connectivity index (χ2v) is 11.2. The summed E-state index contributed by atoms with van der Waals surface area (Å²) >= 11 is 0. The van der Waals surface area contributed by atoms with Crippen molar-refractivity contribution in [3.8, 4) is 11.3 Å². The molecule has 1 fully saturated rings. The molecule has 0 spiro atoms. The number of nitrogens with two attached hydrogens (primary N) is 1. The number of hydrogen-bond acceptors (Lipinski definition) is 8. The summed E-state index contributed by atoms with van der Waals surface area (Å²) in [4.78, 5) is 36.5. The van der Waals surface area contributed by atoms with Gasteiger partial charge in [-0.3, -0.25) is 10.1 Å². The summed E-state index contributed by atoms with van der Waals surface area (Å²) in [7, 11) is -4.74. The van der Waals surface area contributed by atoms with E-state index in [1.165, 1.54) is 23.2 Å². The molecule has 0 amide bonds. The fraction of sp³-hybridized carbons (Fsp3) is 0.333. The van der Waals surface area contributed by atoms with Crippen LogP contribution >= 0.6 is 7.75 Å². The maximum Gasteiger partial charge on any atom is 0.428 e. The molecule has 1 aliphatic heterocycles. The third kappa shape index (κ3) is 5.91. The van der Waals surface area contributed by atoms with Gasteiger partial charge in [-0.2, -0.15) is 0 Å². The van der Waals surface area contributed by atoms with Gasteiger partial charge in [-0.15, -0.1) is 0 Å². The highest BCUT2D eigenvalue weighted by molar-refractivity contribution is 7.53. The van der Waals surface area contributed by atoms with E-state index in [9.17, 15) is 41.4 Å². The molecule has 4 aromatic rings. The number of imidazole rings is 1. The minimum absolute atomic E-state index is 0.0160. The van der Waals surface area contributed by atoms with Gasteiger partial charge in [-0.1, -0.05) is 0 Å². The lowest BCUT2D eigenvalue weighted by Gasteiger charge is -2.44. The molecule has 1 saturated heterocycles.